The van der Waals surface area contributed by atoms with Gasteiger partial charge in [-0.15, -0.1) is 11.3 Å². The zero-order chi connectivity index (χ0) is 17.9. The molecule has 0 fully saturated rings. The lowest BCUT2D eigenvalue weighted by Gasteiger charge is -2.04. The molecule has 0 spiro atoms. The highest BCUT2D eigenvalue weighted by Crippen LogP contribution is 2.30. The highest BCUT2D eigenvalue weighted by Gasteiger charge is 2.08. The van der Waals surface area contributed by atoms with Crippen molar-refractivity contribution in [3.05, 3.63) is 81.4 Å². The molecule has 132 valence electrons. The first-order chi connectivity index (χ1) is 12.7. The van der Waals surface area contributed by atoms with Crippen LogP contribution in [-0.2, 0) is 13.0 Å². The Labute approximate surface area is 165 Å². The highest BCUT2D eigenvalue weighted by atomic mass is 79.9. The van der Waals surface area contributed by atoms with E-state index in [1.165, 1.54) is 26.1 Å². The van der Waals surface area contributed by atoms with Gasteiger partial charge in [-0.25, -0.2) is 4.68 Å². The van der Waals surface area contributed by atoms with Crippen molar-refractivity contribution in [2.45, 2.75) is 19.9 Å². The first-order valence-corrected chi connectivity index (χ1v) is 10.3. The van der Waals surface area contributed by atoms with Crippen LogP contribution >= 0.6 is 27.3 Å². The number of rotatable bonds is 6. The molecule has 0 aliphatic heterocycles. The molecule has 2 heterocycles. The van der Waals surface area contributed by atoms with Crippen LogP contribution in [0.2, 0.25) is 0 Å². The molecule has 0 unspecified atom stereocenters. The number of halogens is 1. The van der Waals surface area contributed by atoms with Crippen molar-refractivity contribution in [1.82, 2.24) is 15.1 Å². The highest BCUT2D eigenvalue weighted by molar-refractivity contribution is 9.10. The smallest absolute Gasteiger partial charge is 0.0646 e. The average molecular weight is 426 g/mol. The third-order valence-corrected chi connectivity index (χ3v) is 6.17. The van der Waals surface area contributed by atoms with Crippen LogP contribution in [0.4, 0.5) is 0 Å². The van der Waals surface area contributed by atoms with E-state index >= 15 is 0 Å². The molecule has 0 radical (unpaired) electrons. The Balaban J connectivity index is 1.35. The quantitative estimate of drug-likeness (QED) is 0.413. The minimum Gasteiger partial charge on any atom is -0.312 e. The molecule has 0 saturated carbocycles. The lowest BCUT2D eigenvalue weighted by molar-refractivity contribution is 0.688. The van der Waals surface area contributed by atoms with Gasteiger partial charge < -0.3 is 5.32 Å². The van der Waals surface area contributed by atoms with E-state index in [0.29, 0.717) is 0 Å². The van der Waals surface area contributed by atoms with Gasteiger partial charge in [0.15, 0.2) is 0 Å². The summed E-state index contributed by atoms with van der Waals surface area (Å²) in [6.07, 6.45) is 5.07. The molecule has 0 amide bonds. The maximum atomic E-state index is 4.46. The Morgan fingerprint density at radius 1 is 1.12 bits per heavy atom. The van der Waals surface area contributed by atoms with E-state index in [1.54, 1.807) is 0 Å². The molecule has 0 bridgehead atoms. The number of hydrogen-bond donors (Lipinski definition) is 1. The topological polar surface area (TPSA) is 29.9 Å². The maximum Gasteiger partial charge on any atom is 0.0646 e. The van der Waals surface area contributed by atoms with Crippen molar-refractivity contribution in [3.8, 4) is 5.69 Å². The van der Waals surface area contributed by atoms with E-state index in [-0.39, 0.29) is 0 Å². The van der Waals surface area contributed by atoms with Crippen LogP contribution in [0.25, 0.3) is 15.8 Å². The van der Waals surface area contributed by atoms with Crippen molar-refractivity contribution in [3.63, 3.8) is 0 Å². The van der Waals surface area contributed by atoms with Crippen LogP contribution in [0.1, 0.15) is 16.0 Å². The second kappa shape index (κ2) is 7.74. The fourth-order valence-electron chi connectivity index (χ4n) is 3.16. The van der Waals surface area contributed by atoms with Crippen LogP contribution in [0.3, 0.4) is 0 Å². The van der Waals surface area contributed by atoms with Gasteiger partial charge in [0.05, 0.1) is 11.9 Å². The van der Waals surface area contributed by atoms with Crippen molar-refractivity contribution in [2.75, 3.05) is 6.54 Å². The number of aryl methyl sites for hydroxylation is 1. The van der Waals surface area contributed by atoms with Crippen LogP contribution in [-0.4, -0.2) is 16.3 Å². The third-order valence-electron chi connectivity index (χ3n) is 4.51. The predicted octanol–water partition coefficient (Wildman–Crippen LogP) is 5.49. The van der Waals surface area contributed by atoms with Gasteiger partial charge >= 0.3 is 0 Å². The van der Waals surface area contributed by atoms with Crippen molar-refractivity contribution >= 4 is 37.4 Å². The largest absolute Gasteiger partial charge is 0.312 e. The Hall–Kier alpha value is -1.95. The fraction of sp³-hybridized carbons (Fsp3) is 0.190. The molecule has 0 aliphatic rings. The molecular formula is C21H20BrN3S. The minimum atomic E-state index is 0.831. The number of thiophene rings is 1. The van der Waals surface area contributed by atoms with Gasteiger partial charge in [-0.1, -0.05) is 34.1 Å². The van der Waals surface area contributed by atoms with Gasteiger partial charge in [0.2, 0.25) is 0 Å². The minimum absolute atomic E-state index is 0.831. The van der Waals surface area contributed by atoms with Gasteiger partial charge in [0.25, 0.3) is 0 Å². The summed E-state index contributed by atoms with van der Waals surface area (Å²) in [5, 5.41) is 9.42. The molecule has 3 nitrogen and oxygen atoms in total. The summed E-state index contributed by atoms with van der Waals surface area (Å²) in [4.78, 5) is 1.43. The molecule has 4 rings (SSSR count). The maximum absolute atomic E-state index is 4.46. The number of aromatic nitrogens is 2. The van der Waals surface area contributed by atoms with Crippen LogP contribution in [0, 0.1) is 6.92 Å². The van der Waals surface area contributed by atoms with E-state index in [0.717, 1.165) is 29.7 Å². The molecule has 4 aromatic rings. The lowest BCUT2D eigenvalue weighted by atomic mass is 10.1. The molecule has 1 N–H and O–H groups in total. The van der Waals surface area contributed by atoms with Crippen LogP contribution < -0.4 is 5.32 Å². The number of fused-ring (bicyclic) bond motifs is 1. The summed E-state index contributed by atoms with van der Waals surface area (Å²) in [5.74, 6) is 0. The van der Waals surface area contributed by atoms with Gasteiger partial charge in [0, 0.05) is 32.4 Å². The third kappa shape index (κ3) is 3.75. The summed E-state index contributed by atoms with van der Waals surface area (Å²) >= 11 is 5.35. The number of nitrogens with one attached hydrogen (secondary N) is 1. The van der Waals surface area contributed by atoms with Crippen molar-refractivity contribution < 1.29 is 0 Å². The van der Waals surface area contributed by atoms with Gasteiger partial charge in [-0.2, -0.15) is 5.10 Å². The van der Waals surface area contributed by atoms with Crippen molar-refractivity contribution in [1.29, 1.82) is 0 Å². The molecule has 2 aromatic heterocycles. The van der Waals surface area contributed by atoms with E-state index in [2.05, 4.69) is 75.9 Å². The summed E-state index contributed by atoms with van der Waals surface area (Å²) in [6.45, 7) is 4.02. The van der Waals surface area contributed by atoms with E-state index < -0.39 is 0 Å². The number of hydrogen-bond acceptors (Lipinski definition) is 3. The Kier molecular flexibility index (Phi) is 5.20. The van der Waals surface area contributed by atoms with E-state index in [4.69, 9.17) is 0 Å². The van der Waals surface area contributed by atoms with Crippen LogP contribution in [0.5, 0.6) is 0 Å². The second-order valence-electron chi connectivity index (χ2n) is 6.33. The second-order valence-corrected chi connectivity index (χ2v) is 8.50. The summed E-state index contributed by atoms with van der Waals surface area (Å²) in [6, 6.07) is 16.9. The molecule has 2 aromatic carbocycles. The molecule has 5 heteroatoms. The van der Waals surface area contributed by atoms with E-state index in [1.807, 2.05) is 34.3 Å². The average Bonchev–Trinajstić information content (AvgIpc) is 3.24. The first kappa shape index (κ1) is 17.5. The SMILES string of the molecule is Cc1sc2ccccc2c1CCNCc1cnn(-c2ccc(Br)cc2)c1. The standard InChI is InChI=1S/C21H20BrN3S/c1-15-19(20-4-2-3-5-21(20)26-15)10-11-23-12-16-13-24-25(14-16)18-8-6-17(22)7-9-18/h2-9,13-14,23H,10-12H2,1H3. The van der Waals surface area contributed by atoms with Gasteiger partial charge in [-0.3, -0.25) is 0 Å². The molecular weight excluding hydrogens is 406 g/mol. The Bertz CT molecular complexity index is 1020. The number of benzene rings is 2. The molecule has 26 heavy (non-hydrogen) atoms. The zero-order valence-corrected chi connectivity index (χ0v) is 17.0. The summed E-state index contributed by atoms with van der Waals surface area (Å²) in [5.41, 5.74) is 3.74. The Morgan fingerprint density at radius 2 is 1.92 bits per heavy atom. The summed E-state index contributed by atoms with van der Waals surface area (Å²) < 4.78 is 4.38. The molecule has 0 saturated heterocycles. The lowest BCUT2D eigenvalue weighted by Crippen LogP contribution is -2.16. The van der Waals surface area contributed by atoms with Gasteiger partial charge in [0.1, 0.15) is 0 Å². The zero-order valence-electron chi connectivity index (χ0n) is 14.6. The fourth-order valence-corrected chi connectivity index (χ4v) is 4.54. The number of nitrogens with zero attached hydrogens (tertiary/aromatic N) is 2. The molecule has 0 aliphatic carbocycles. The predicted molar refractivity (Wildman–Crippen MR) is 113 cm³/mol. The Morgan fingerprint density at radius 3 is 2.77 bits per heavy atom. The monoisotopic (exact) mass is 425 g/mol. The van der Waals surface area contributed by atoms with Crippen LogP contribution in [0.15, 0.2) is 65.4 Å². The van der Waals surface area contributed by atoms with Gasteiger partial charge in [-0.05, 0) is 61.2 Å². The van der Waals surface area contributed by atoms with E-state index in [9.17, 15) is 0 Å². The first-order valence-electron chi connectivity index (χ1n) is 8.68. The normalized spacial score (nSPS) is 11.3. The summed E-state index contributed by atoms with van der Waals surface area (Å²) in [7, 11) is 0. The molecule has 0 atom stereocenters. The van der Waals surface area contributed by atoms with Crippen molar-refractivity contribution in [2.24, 2.45) is 0 Å².